The monoisotopic (exact) mass is 334 g/mol. The number of benzene rings is 1. The third-order valence-electron chi connectivity index (χ3n) is 4.14. The highest BCUT2D eigenvalue weighted by Crippen LogP contribution is 2.24. The van der Waals surface area contributed by atoms with Gasteiger partial charge in [0.05, 0.1) is 12.2 Å². The van der Waals surface area contributed by atoms with E-state index >= 15 is 0 Å². The van der Waals surface area contributed by atoms with Gasteiger partial charge in [0.15, 0.2) is 0 Å². The second-order valence-electron chi connectivity index (χ2n) is 6.06. The van der Waals surface area contributed by atoms with Crippen LogP contribution < -0.4 is 5.32 Å². The number of nitrogens with one attached hydrogen (secondary N) is 1. The molecule has 0 bridgehead atoms. The molecule has 6 nitrogen and oxygen atoms in total. The van der Waals surface area contributed by atoms with E-state index in [9.17, 15) is 4.79 Å². The Hall–Kier alpha value is -2.99. The van der Waals surface area contributed by atoms with Gasteiger partial charge in [-0.05, 0) is 17.2 Å². The van der Waals surface area contributed by atoms with Crippen molar-refractivity contribution in [3.8, 4) is 0 Å². The Labute approximate surface area is 145 Å². The Morgan fingerprint density at radius 1 is 1.12 bits per heavy atom. The van der Waals surface area contributed by atoms with Crippen molar-refractivity contribution in [2.24, 2.45) is 0 Å². The van der Waals surface area contributed by atoms with Crippen molar-refractivity contribution < 1.29 is 9.21 Å². The minimum absolute atomic E-state index is 0.141. The molecule has 0 saturated carbocycles. The van der Waals surface area contributed by atoms with Crippen LogP contribution in [0.2, 0.25) is 0 Å². The largest absolute Gasteiger partial charge is 0.436 e. The fraction of sp³-hybridized carbons (Fsp3) is 0.211. The zero-order valence-corrected chi connectivity index (χ0v) is 13.7. The summed E-state index contributed by atoms with van der Waals surface area (Å²) in [5, 5.41) is 2.84. The lowest BCUT2D eigenvalue weighted by molar-refractivity contribution is 0.0911. The summed E-state index contributed by atoms with van der Waals surface area (Å²) < 4.78 is 5.66. The molecule has 6 heteroatoms. The van der Waals surface area contributed by atoms with E-state index in [2.05, 4.69) is 20.2 Å². The average molecular weight is 334 g/mol. The third-order valence-corrected chi connectivity index (χ3v) is 4.14. The molecule has 0 saturated heterocycles. The van der Waals surface area contributed by atoms with Crippen LogP contribution in [0.5, 0.6) is 0 Å². The highest BCUT2D eigenvalue weighted by molar-refractivity contribution is 5.89. The fourth-order valence-corrected chi connectivity index (χ4v) is 2.91. The highest BCUT2D eigenvalue weighted by atomic mass is 16.4. The summed E-state index contributed by atoms with van der Waals surface area (Å²) >= 11 is 0. The molecule has 1 aliphatic heterocycles. The van der Waals surface area contributed by atoms with Crippen molar-refractivity contribution in [2.75, 3.05) is 0 Å². The Morgan fingerprint density at radius 3 is 2.72 bits per heavy atom. The quantitative estimate of drug-likeness (QED) is 0.776. The maximum absolute atomic E-state index is 12.2. The van der Waals surface area contributed by atoms with Crippen LogP contribution in [0.1, 0.15) is 33.3 Å². The number of amides is 1. The Balaban J connectivity index is 1.35. The molecule has 3 heterocycles. The molecule has 0 aliphatic carbocycles. The first-order valence-electron chi connectivity index (χ1n) is 8.20. The fourth-order valence-electron chi connectivity index (χ4n) is 2.91. The molecule has 4 rings (SSSR count). The number of hydrogen-bond donors (Lipinski definition) is 1. The molecule has 0 atom stereocenters. The number of carbonyl (C=O) groups is 1. The van der Waals surface area contributed by atoms with Gasteiger partial charge in [0.1, 0.15) is 5.76 Å². The predicted molar refractivity (Wildman–Crippen MR) is 91.3 cm³/mol. The van der Waals surface area contributed by atoms with Gasteiger partial charge in [-0.25, -0.2) is 4.98 Å². The lowest BCUT2D eigenvalue weighted by Gasteiger charge is -2.13. The summed E-state index contributed by atoms with van der Waals surface area (Å²) in [5.41, 5.74) is 3.03. The zero-order valence-electron chi connectivity index (χ0n) is 13.7. The molecule has 25 heavy (non-hydrogen) atoms. The molecule has 1 aromatic carbocycles. The van der Waals surface area contributed by atoms with E-state index in [1.807, 2.05) is 48.7 Å². The van der Waals surface area contributed by atoms with Gasteiger partial charge in [-0.1, -0.05) is 36.4 Å². The molecule has 1 aliphatic rings. The molecule has 0 fully saturated rings. The summed E-state index contributed by atoms with van der Waals surface area (Å²) in [7, 11) is 0. The van der Waals surface area contributed by atoms with E-state index in [1.54, 1.807) is 6.20 Å². The van der Waals surface area contributed by atoms with Crippen molar-refractivity contribution in [1.29, 1.82) is 0 Å². The average Bonchev–Trinajstić information content (AvgIpc) is 3.20. The lowest BCUT2D eigenvalue weighted by atomic mass is 10.2. The molecule has 0 unspecified atom stereocenters. The van der Waals surface area contributed by atoms with Crippen molar-refractivity contribution in [3.63, 3.8) is 0 Å². The molecule has 1 N–H and O–H groups in total. The van der Waals surface area contributed by atoms with E-state index in [1.165, 1.54) is 0 Å². The van der Waals surface area contributed by atoms with Crippen LogP contribution in [-0.4, -0.2) is 20.8 Å². The first kappa shape index (κ1) is 15.5. The van der Waals surface area contributed by atoms with Gasteiger partial charge in [-0.15, -0.1) is 0 Å². The van der Waals surface area contributed by atoms with E-state index < -0.39 is 0 Å². The van der Waals surface area contributed by atoms with Crippen molar-refractivity contribution in [3.05, 3.63) is 83.3 Å². The first-order valence-corrected chi connectivity index (χ1v) is 8.20. The molecular formula is C19H18N4O2. The molecule has 0 spiro atoms. The number of pyridine rings is 1. The van der Waals surface area contributed by atoms with Gasteiger partial charge in [-0.3, -0.25) is 14.7 Å². The van der Waals surface area contributed by atoms with Crippen LogP contribution in [0.3, 0.4) is 0 Å². The molecule has 1 amide bonds. The van der Waals surface area contributed by atoms with E-state index in [-0.39, 0.29) is 11.8 Å². The molecule has 3 aromatic rings. The van der Waals surface area contributed by atoms with Gasteiger partial charge in [0.25, 0.3) is 5.89 Å². The maximum Gasteiger partial charge on any atom is 0.307 e. The molecule has 126 valence electrons. The standard InChI is InChI=1S/C19H18N4O2/c24-18(21-10-14-5-2-1-3-6-14)19-22-16-12-23(13-17(16)25-19)11-15-7-4-8-20-9-15/h1-9H,10-13H2,(H,21,24). The molecule has 0 radical (unpaired) electrons. The molecular weight excluding hydrogens is 316 g/mol. The van der Waals surface area contributed by atoms with Gasteiger partial charge < -0.3 is 9.73 Å². The van der Waals surface area contributed by atoms with E-state index in [4.69, 9.17) is 4.42 Å². The van der Waals surface area contributed by atoms with Crippen LogP contribution >= 0.6 is 0 Å². The summed E-state index contributed by atoms with van der Waals surface area (Å²) in [4.78, 5) is 22.9. The minimum Gasteiger partial charge on any atom is -0.436 e. The predicted octanol–water partition coefficient (Wildman–Crippen LogP) is 2.52. The second-order valence-corrected chi connectivity index (χ2v) is 6.06. The Morgan fingerprint density at radius 2 is 1.96 bits per heavy atom. The summed E-state index contributed by atoms with van der Waals surface area (Å²) in [6.45, 7) is 2.58. The van der Waals surface area contributed by atoms with Crippen LogP contribution in [0, 0.1) is 0 Å². The SMILES string of the molecule is O=C(NCc1ccccc1)c1nc2c(o1)CN(Cc1cccnc1)C2. The number of aromatic nitrogens is 2. The van der Waals surface area contributed by atoms with Gasteiger partial charge >= 0.3 is 5.91 Å². The maximum atomic E-state index is 12.2. The highest BCUT2D eigenvalue weighted by Gasteiger charge is 2.27. The summed E-state index contributed by atoms with van der Waals surface area (Å²) in [6.07, 6.45) is 3.62. The summed E-state index contributed by atoms with van der Waals surface area (Å²) in [6, 6.07) is 13.7. The number of nitrogens with zero attached hydrogens (tertiary/aromatic N) is 3. The van der Waals surface area contributed by atoms with Crippen LogP contribution in [0.4, 0.5) is 0 Å². The number of hydrogen-bond acceptors (Lipinski definition) is 5. The smallest absolute Gasteiger partial charge is 0.307 e. The van der Waals surface area contributed by atoms with Gasteiger partial charge in [0, 0.05) is 32.0 Å². The Kier molecular flexibility index (Phi) is 4.26. The normalized spacial score (nSPS) is 13.6. The number of fused-ring (bicyclic) bond motifs is 1. The second kappa shape index (κ2) is 6.86. The number of oxazole rings is 1. The van der Waals surface area contributed by atoms with Crippen molar-refractivity contribution >= 4 is 5.91 Å². The van der Waals surface area contributed by atoms with Crippen LogP contribution in [-0.2, 0) is 26.2 Å². The van der Waals surface area contributed by atoms with Crippen LogP contribution in [0.25, 0.3) is 0 Å². The van der Waals surface area contributed by atoms with E-state index in [0.717, 1.165) is 29.1 Å². The van der Waals surface area contributed by atoms with Gasteiger partial charge in [-0.2, -0.15) is 0 Å². The lowest BCUT2D eigenvalue weighted by Crippen LogP contribution is -2.23. The number of rotatable bonds is 5. The Bertz CT molecular complexity index is 838. The summed E-state index contributed by atoms with van der Waals surface area (Å²) in [5.74, 6) is 0.632. The van der Waals surface area contributed by atoms with Crippen molar-refractivity contribution in [1.82, 2.24) is 20.2 Å². The van der Waals surface area contributed by atoms with Gasteiger partial charge in [0.2, 0.25) is 0 Å². The molecule has 2 aromatic heterocycles. The van der Waals surface area contributed by atoms with E-state index in [0.29, 0.717) is 19.6 Å². The van der Waals surface area contributed by atoms with Crippen LogP contribution in [0.15, 0.2) is 59.3 Å². The zero-order chi connectivity index (χ0) is 17.1. The number of carbonyl (C=O) groups excluding carboxylic acids is 1. The van der Waals surface area contributed by atoms with Crippen molar-refractivity contribution in [2.45, 2.75) is 26.2 Å². The first-order chi connectivity index (χ1) is 12.3. The minimum atomic E-state index is -0.280. The third kappa shape index (κ3) is 3.59. The topological polar surface area (TPSA) is 71.3 Å².